The smallest absolute Gasteiger partial charge is 0.320 e. The second kappa shape index (κ2) is 6.22. The normalized spacial score (nSPS) is 17.1. The summed E-state index contributed by atoms with van der Waals surface area (Å²) >= 11 is 0. The molecule has 1 aliphatic rings. The average molecular weight is 277 g/mol. The first-order valence-electron chi connectivity index (χ1n) is 7.04. The van der Waals surface area contributed by atoms with Crippen molar-refractivity contribution in [2.75, 3.05) is 37.6 Å². The fourth-order valence-electron chi connectivity index (χ4n) is 2.23. The maximum absolute atomic E-state index is 11.8. The summed E-state index contributed by atoms with van der Waals surface area (Å²) in [5.41, 5.74) is -0.410. The Morgan fingerprint density at radius 2 is 1.95 bits per heavy atom. The van der Waals surface area contributed by atoms with Crippen LogP contribution in [0.25, 0.3) is 0 Å². The summed E-state index contributed by atoms with van der Waals surface area (Å²) in [4.78, 5) is 20.5. The third kappa shape index (κ3) is 4.49. The van der Waals surface area contributed by atoms with Gasteiger partial charge < -0.3 is 9.64 Å². The van der Waals surface area contributed by atoms with Gasteiger partial charge >= 0.3 is 5.97 Å². The number of esters is 1. The van der Waals surface area contributed by atoms with Crippen LogP contribution in [0.15, 0.2) is 24.4 Å². The highest BCUT2D eigenvalue weighted by Crippen LogP contribution is 2.13. The molecule has 0 atom stereocenters. The number of hydrogen-bond donors (Lipinski definition) is 0. The summed E-state index contributed by atoms with van der Waals surface area (Å²) in [5.74, 6) is 0.855. The van der Waals surface area contributed by atoms with Gasteiger partial charge in [-0.05, 0) is 32.9 Å². The van der Waals surface area contributed by atoms with E-state index in [1.807, 2.05) is 45.2 Å². The first-order valence-corrected chi connectivity index (χ1v) is 7.04. The molecular formula is C15H23N3O2. The SMILES string of the molecule is CC(C)(C)OC(=O)CN1CCN(c2ccccn2)CC1. The van der Waals surface area contributed by atoms with E-state index in [9.17, 15) is 4.79 Å². The summed E-state index contributed by atoms with van der Waals surface area (Å²) in [6.45, 7) is 9.54. The third-order valence-corrected chi connectivity index (χ3v) is 3.12. The van der Waals surface area contributed by atoms with E-state index in [4.69, 9.17) is 4.74 Å². The van der Waals surface area contributed by atoms with Gasteiger partial charge in [-0.1, -0.05) is 6.07 Å². The zero-order valence-corrected chi connectivity index (χ0v) is 12.5. The Morgan fingerprint density at radius 3 is 2.50 bits per heavy atom. The van der Waals surface area contributed by atoms with Gasteiger partial charge in [-0.3, -0.25) is 9.69 Å². The van der Waals surface area contributed by atoms with Gasteiger partial charge in [-0.2, -0.15) is 0 Å². The molecule has 0 unspecified atom stereocenters. The lowest BCUT2D eigenvalue weighted by Crippen LogP contribution is -2.48. The van der Waals surface area contributed by atoms with Crippen LogP contribution in [0.5, 0.6) is 0 Å². The minimum atomic E-state index is -0.410. The van der Waals surface area contributed by atoms with Crippen molar-refractivity contribution < 1.29 is 9.53 Å². The Kier molecular flexibility index (Phi) is 4.60. The molecule has 1 aromatic rings. The fourth-order valence-corrected chi connectivity index (χ4v) is 2.23. The number of carbonyl (C=O) groups is 1. The van der Waals surface area contributed by atoms with Crippen LogP contribution < -0.4 is 4.90 Å². The lowest BCUT2D eigenvalue weighted by molar-refractivity contribution is -0.156. The van der Waals surface area contributed by atoms with Crippen molar-refractivity contribution in [3.8, 4) is 0 Å². The molecule has 1 fully saturated rings. The predicted molar refractivity (Wildman–Crippen MR) is 78.7 cm³/mol. The number of piperazine rings is 1. The van der Waals surface area contributed by atoms with Gasteiger partial charge in [-0.15, -0.1) is 0 Å². The highest BCUT2D eigenvalue weighted by Gasteiger charge is 2.22. The van der Waals surface area contributed by atoms with Crippen molar-refractivity contribution in [3.05, 3.63) is 24.4 Å². The Labute approximate surface area is 120 Å². The first-order chi connectivity index (χ1) is 9.44. The number of ether oxygens (including phenoxy) is 1. The van der Waals surface area contributed by atoms with Crippen LogP contribution >= 0.6 is 0 Å². The highest BCUT2D eigenvalue weighted by atomic mass is 16.6. The van der Waals surface area contributed by atoms with Gasteiger partial charge in [-0.25, -0.2) is 4.98 Å². The quantitative estimate of drug-likeness (QED) is 0.784. The molecule has 0 spiro atoms. The van der Waals surface area contributed by atoms with Crippen molar-refractivity contribution in [2.24, 2.45) is 0 Å². The Bertz CT molecular complexity index is 434. The average Bonchev–Trinajstić information content (AvgIpc) is 2.38. The second-order valence-corrected chi connectivity index (χ2v) is 6.04. The standard InChI is InChI=1S/C15H23N3O2/c1-15(2,3)20-14(19)12-17-8-10-18(11-9-17)13-6-4-5-7-16-13/h4-7H,8-12H2,1-3H3. The number of nitrogens with zero attached hydrogens (tertiary/aromatic N) is 3. The molecule has 1 saturated heterocycles. The van der Waals surface area contributed by atoms with E-state index in [0.717, 1.165) is 32.0 Å². The Balaban J connectivity index is 1.79. The number of rotatable bonds is 3. The number of hydrogen-bond acceptors (Lipinski definition) is 5. The predicted octanol–water partition coefficient (Wildman–Crippen LogP) is 1.55. The van der Waals surface area contributed by atoms with Crippen molar-refractivity contribution in [3.63, 3.8) is 0 Å². The van der Waals surface area contributed by atoms with E-state index in [2.05, 4.69) is 14.8 Å². The van der Waals surface area contributed by atoms with Crippen LogP contribution in [0.1, 0.15) is 20.8 Å². The molecule has 20 heavy (non-hydrogen) atoms. The summed E-state index contributed by atoms with van der Waals surface area (Å²) in [7, 11) is 0. The maximum atomic E-state index is 11.8. The van der Waals surface area contributed by atoms with Crippen molar-refractivity contribution >= 4 is 11.8 Å². The summed E-state index contributed by atoms with van der Waals surface area (Å²) in [6, 6.07) is 5.93. The minimum Gasteiger partial charge on any atom is -0.459 e. The van der Waals surface area contributed by atoms with Gasteiger partial charge in [0.1, 0.15) is 11.4 Å². The largest absolute Gasteiger partial charge is 0.459 e. The minimum absolute atomic E-state index is 0.149. The van der Waals surface area contributed by atoms with Crippen LogP contribution in [0.3, 0.4) is 0 Å². The zero-order chi connectivity index (χ0) is 14.6. The van der Waals surface area contributed by atoms with E-state index < -0.39 is 5.60 Å². The monoisotopic (exact) mass is 277 g/mol. The number of carbonyl (C=O) groups excluding carboxylic acids is 1. The topological polar surface area (TPSA) is 45.7 Å². The molecule has 1 aliphatic heterocycles. The van der Waals surface area contributed by atoms with Crippen molar-refractivity contribution in [1.82, 2.24) is 9.88 Å². The van der Waals surface area contributed by atoms with E-state index in [0.29, 0.717) is 6.54 Å². The molecule has 0 saturated carbocycles. The molecule has 0 radical (unpaired) electrons. The molecule has 2 heterocycles. The fraction of sp³-hybridized carbons (Fsp3) is 0.600. The first kappa shape index (κ1) is 14.8. The molecule has 0 N–H and O–H groups in total. The molecule has 110 valence electrons. The van der Waals surface area contributed by atoms with Gasteiger partial charge in [0.15, 0.2) is 0 Å². The molecule has 0 aromatic carbocycles. The van der Waals surface area contributed by atoms with Crippen LogP contribution in [0, 0.1) is 0 Å². The van der Waals surface area contributed by atoms with Crippen molar-refractivity contribution in [1.29, 1.82) is 0 Å². The second-order valence-electron chi connectivity index (χ2n) is 6.04. The van der Waals surface area contributed by atoms with Gasteiger partial charge in [0.25, 0.3) is 0 Å². The summed E-state index contributed by atoms with van der Waals surface area (Å²) in [5, 5.41) is 0. The van der Waals surface area contributed by atoms with E-state index in [1.54, 1.807) is 0 Å². The number of pyridine rings is 1. The third-order valence-electron chi connectivity index (χ3n) is 3.12. The molecule has 0 amide bonds. The van der Waals surface area contributed by atoms with Gasteiger partial charge in [0.05, 0.1) is 6.54 Å². The number of anilines is 1. The molecule has 2 rings (SSSR count). The zero-order valence-electron chi connectivity index (χ0n) is 12.5. The Morgan fingerprint density at radius 1 is 1.25 bits per heavy atom. The van der Waals surface area contributed by atoms with E-state index in [-0.39, 0.29) is 5.97 Å². The van der Waals surface area contributed by atoms with E-state index in [1.165, 1.54) is 0 Å². The maximum Gasteiger partial charge on any atom is 0.320 e. The summed E-state index contributed by atoms with van der Waals surface area (Å²) < 4.78 is 5.35. The van der Waals surface area contributed by atoms with Gasteiger partial charge in [0.2, 0.25) is 0 Å². The number of aromatic nitrogens is 1. The van der Waals surface area contributed by atoms with Crippen LogP contribution in [0.4, 0.5) is 5.82 Å². The highest BCUT2D eigenvalue weighted by molar-refractivity contribution is 5.72. The van der Waals surface area contributed by atoms with Gasteiger partial charge in [0, 0.05) is 32.4 Å². The molecule has 1 aromatic heterocycles. The van der Waals surface area contributed by atoms with Crippen LogP contribution in [-0.4, -0.2) is 54.2 Å². The molecule has 5 heteroatoms. The Hall–Kier alpha value is -1.62. The lowest BCUT2D eigenvalue weighted by Gasteiger charge is -2.35. The van der Waals surface area contributed by atoms with Crippen LogP contribution in [0.2, 0.25) is 0 Å². The van der Waals surface area contributed by atoms with E-state index >= 15 is 0 Å². The lowest BCUT2D eigenvalue weighted by atomic mass is 10.2. The molecule has 0 bridgehead atoms. The molecule has 5 nitrogen and oxygen atoms in total. The summed E-state index contributed by atoms with van der Waals surface area (Å²) in [6.07, 6.45) is 1.81. The molecule has 0 aliphatic carbocycles. The van der Waals surface area contributed by atoms with Crippen molar-refractivity contribution in [2.45, 2.75) is 26.4 Å². The molecular weight excluding hydrogens is 254 g/mol. The van der Waals surface area contributed by atoms with Crippen LogP contribution in [-0.2, 0) is 9.53 Å².